The van der Waals surface area contributed by atoms with Crippen LogP contribution in [0.25, 0.3) is 10.8 Å². The minimum atomic E-state index is -3.68. The van der Waals surface area contributed by atoms with Crippen molar-refractivity contribution in [2.75, 3.05) is 18.2 Å². The van der Waals surface area contributed by atoms with Crippen LogP contribution in [0.4, 0.5) is 10.5 Å². The summed E-state index contributed by atoms with van der Waals surface area (Å²) in [5.74, 6) is 0. The highest BCUT2D eigenvalue weighted by molar-refractivity contribution is 7.85. The lowest BCUT2D eigenvalue weighted by Gasteiger charge is -2.48. The van der Waals surface area contributed by atoms with Gasteiger partial charge in [-0.25, -0.2) is 4.79 Å². The molecule has 0 bridgehead atoms. The van der Waals surface area contributed by atoms with Crippen molar-refractivity contribution >= 4 is 32.7 Å². The number of amides is 1. The molecule has 1 amide bonds. The number of anilines is 1. The van der Waals surface area contributed by atoms with E-state index in [0.29, 0.717) is 18.5 Å². The van der Waals surface area contributed by atoms with Crippen LogP contribution in [0.2, 0.25) is 0 Å². The molecule has 0 aromatic heterocycles. The van der Waals surface area contributed by atoms with Crippen LogP contribution < -0.4 is 5.32 Å². The van der Waals surface area contributed by atoms with Gasteiger partial charge < -0.3 is 14.6 Å². The van der Waals surface area contributed by atoms with Crippen LogP contribution in [0.3, 0.4) is 0 Å². The van der Waals surface area contributed by atoms with Gasteiger partial charge in [0.15, 0.2) is 0 Å². The highest BCUT2D eigenvalue weighted by atomic mass is 32.2. The number of carbonyl (C=O) groups is 1. The van der Waals surface area contributed by atoms with E-state index in [1.807, 2.05) is 36.4 Å². The number of fused-ring (bicyclic) bond motifs is 1. The van der Waals surface area contributed by atoms with Gasteiger partial charge in [-0.3, -0.25) is 9.50 Å². The molecule has 0 spiro atoms. The van der Waals surface area contributed by atoms with E-state index in [1.165, 1.54) is 0 Å². The summed E-state index contributed by atoms with van der Waals surface area (Å²) in [6.07, 6.45) is -0.598. The molecule has 2 aromatic rings. The van der Waals surface area contributed by atoms with Crippen LogP contribution >= 0.6 is 0 Å². The Kier molecular flexibility index (Phi) is 6.61. The Bertz CT molecular complexity index is 1050. The number of hydrogen-bond acceptors (Lipinski definition) is 7. The molecule has 170 valence electrons. The lowest BCUT2D eigenvalue weighted by molar-refractivity contribution is -0.246. The summed E-state index contributed by atoms with van der Waals surface area (Å²) in [5.41, 5.74) is -1.30. The number of carbonyl (C=O) groups excluding carboxylic acids is 1. The molecule has 1 fully saturated rings. The third kappa shape index (κ3) is 5.74. The molecule has 1 unspecified atom stereocenters. The molecule has 1 aliphatic rings. The molecule has 0 saturated carbocycles. The lowest BCUT2D eigenvalue weighted by Crippen LogP contribution is -2.58. The largest absolute Gasteiger partial charge is 0.443 e. The molecule has 0 radical (unpaired) electrons. The van der Waals surface area contributed by atoms with Crippen molar-refractivity contribution in [3.05, 3.63) is 42.5 Å². The fraction of sp³-hybridized carbons (Fsp3) is 0.500. The number of aliphatic hydroxyl groups is 1. The van der Waals surface area contributed by atoms with E-state index >= 15 is 0 Å². The topological polar surface area (TPSA) is 111 Å². The minimum Gasteiger partial charge on any atom is -0.443 e. The predicted molar refractivity (Wildman–Crippen MR) is 117 cm³/mol. The quantitative estimate of drug-likeness (QED) is 0.647. The van der Waals surface area contributed by atoms with Crippen LogP contribution in [0.1, 0.15) is 33.6 Å². The monoisotopic (exact) mass is 451 g/mol. The number of aliphatic hydroxyl groups excluding tert-OH is 1. The third-order valence-corrected chi connectivity index (χ3v) is 6.16. The van der Waals surface area contributed by atoms with Crippen LogP contribution in [0.5, 0.6) is 0 Å². The van der Waals surface area contributed by atoms with E-state index in [1.54, 1.807) is 26.8 Å². The van der Waals surface area contributed by atoms with Crippen LogP contribution in [-0.4, -0.2) is 55.9 Å². The number of benzene rings is 2. The zero-order valence-corrected chi connectivity index (χ0v) is 18.9. The van der Waals surface area contributed by atoms with Crippen molar-refractivity contribution in [3.63, 3.8) is 0 Å². The van der Waals surface area contributed by atoms with Gasteiger partial charge in [-0.2, -0.15) is 8.42 Å². The minimum absolute atomic E-state index is 0.358. The van der Waals surface area contributed by atoms with E-state index in [2.05, 4.69) is 5.32 Å². The van der Waals surface area contributed by atoms with Gasteiger partial charge in [-0.1, -0.05) is 36.4 Å². The van der Waals surface area contributed by atoms with Crippen molar-refractivity contribution in [1.82, 2.24) is 0 Å². The molecule has 2 aromatic carbocycles. The van der Waals surface area contributed by atoms with Crippen LogP contribution in [0.15, 0.2) is 42.5 Å². The Balaban J connectivity index is 1.64. The van der Waals surface area contributed by atoms with Crippen molar-refractivity contribution < 1.29 is 32.0 Å². The second-order valence-corrected chi connectivity index (χ2v) is 10.3. The number of ether oxygens (including phenoxy) is 2. The smallest absolute Gasteiger partial charge is 0.412 e. The van der Waals surface area contributed by atoms with Crippen LogP contribution in [-0.2, 0) is 23.8 Å². The maximum atomic E-state index is 12.6. The fourth-order valence-electron chi connectivity index (χ4n) is 3.89. The molecule has 0 aliphatic carbocycles. The van der Waals surface area contributed by atoms with Crippen molar-refractivity contribution in [3.8, 4) is 0 Å². The molecule has 31 heavy (non-hydrogen) atoms. The Hall–Kier alpha value is -2.20. The number of rotatable bonds is 6. The zero-order valence-electron chi connectivity index (χ0n) is 18.1. The Morgan fingerprint density at radius 2 is 1.90 bits per heavy atom. The second kappa shape index (κ2) is 8.74. The Morgan fingerprint density at radius 1 is 1.23 bits per heavy atom. The Morgan fingerprint density at radius 3 is 2.58 bits per heavy atom. The van der Waals surface area contributed by atoms with Gasteiger partial charge in [0.1, 0.15) is 17.8 Å². The zero-order chi connectivity index (χ0) is 22.9. The molecule has 2 N–H and O–H groups in total. The number of nitrogens with one attached hydrogen (secondary N) is 1. The van der Waals surface area contributed by atoms with Crippen molar-refractivity contribution in [2.24, 2.45) is 0 Å². The summed E-state index contributed by atoms with van der Waals surface area (Å²) in [6.45, 7) is 4.82. The molecule has 1 aliphatic heterocycles. The first kappa shape index (κ1) is 23.5. The first-order valence-corrected chi connectivity index (χ1v) is 11.9. The van der Waals surface area contributed by atoms with Gasteiger partial charge in [0.05, 0.1) is 24.2 Å². The van der Waals surface area contributed by atoms with Gasteiger partial charge in [-0.15, -0.1) is 0 Å². The van der Waals surface area contributed by atoms with E-state index in [0.717, 1.165) is 17.0 Å². The van der Waals surface area contributed by atoms with E-state index in [4.69, 9.17) is 13.7 Å². The van der Waals surface area contributed by atoms with Gasteiger partial charge in [0.25, 0.3) is 10.1 Å². The average Bonchev–Trinajstić information content (AvgIpc) is 2.67. The van der Waals surface area contributed by atoms with E-state index in [-0.39, 0.29) is 0 Å². The van der Waals surface area contributed by atoms with Crippen molar-refractivity contribution in [1.29, 1.82) is 0 Å². The maximum Gasteiger partial charge on any atom is 0.412 e. The van der Waals surface area contributed by atoms with Gasteiger partial charge >= 0.3 is 6.09 Å². The van der Waals surface area contributed by atoms with Gasteiger partial charge in [-0.05, 0) is 45.1 Å². The first-order valence-electron chi connectivity index (χ1n) is 10.1. The van der Waals surface area contributed by atoms with Gasteiger partial charge in [0, 0.05) is 5.39 Å². The number of hydrogen-bond donors (Lipinski definition) is 2. The summed E-state index contributed by atoms with van der Waals surface area (Å²) in [7, 11) is -3.68. The molecule has 3 atom stereocenters. The lowest BCUT2D eigenvalue weighted by atomic mass is 9.82. The molecule has 8 nitrogen and oxygen atoms in total. The van der Waals surface area contributed by atoms with Gasteiger partial charge in [0.2, 0.25) is 0 Å². The summed E-state index contributed by atoms with van der Waals surface area (Å²) in [4.78, 5) is 12.6. The SMILES string of the molecule is CC1(C)O[C@@](C)(C(O)COS(C)(=O)=O)CC[C@@H]1OC(=O)Nc1cccc2ccccc12. The standard InChI is InChI=1S/C22H29NO7S/c1-21(2)19(12-13-22(3,30-21)18(24)14-28-31(4,26)27)29-20(25)23-17-11-7-9-15-8-5-6-10-16(15)17/h5-11,18-19,24H,12-14H2,1-4H3,(H,23,25)/t18?,19-,22+/m0/s1. The Labute approximate surface area is 182 Å². The van der Waals surface area contributed by atoms with Crippen LogP contribution in [0, 0.1) is 0 Å². The summed E-state index contributed by atoms with van der Waals surface area (Å²) in [5, 5.41) is 15.2. The molecule has 1 saturated heterocycles. The van der Waals surface area contributed by atoms with Crippen molar-refractivity contribution in [2.45, 2.75) is 57.0 Å². The second-order valence-electron chi connectivity index (χ2n) is 8.61. The maximum absolute atomic E-state index is 12.6. The summed E-state index contributed by atoms with van der Waals surface area (Å²) >= 11 is 0. The fourth-order valence-corrected chi connectivity index (χ4v) is 4.26. The highest BCUT2D eigenvalue weighted by Crippen LogP contribution is 2.39. The molecule has 3 rings (SSSR count). The van der Waals surface area contributed by atoms with E-state index < -0.39 is 46.2 Å². The summed E-state index contributed by atoms with van der Waals surface area (Å²) < 4.78 is 38.9. The normalized spacial score (nSPS) is 24.5. The first-order chi connectivity index (χ1) is 14.4. The molecule has 1 heterocycles. The summed E-state index contributed by atoms with van der Waals surface area (Å²) in [6, 6.07) is 13.3. The predicted octanol–water partition coefficient (Wildman–Crippen LogP) is 3.44. The molecular formula is C22H29NO7S. The van der Waals surface area contributed by atoms with E-state index in [9.17, 15) is 18.3 Å². The highest BCUT2D eigenvalue weighted by Gasteiger charge is 2.49. The molecule has 9 heteroatoms. The average molecular weight is 452 g/mol. The molecular weight excluding hydrogens is 422 g/mol. The third-order valence-electron chi connectivity index (χ3n) is 5.60.